The van der Waals surface area contributed by atoms with E-state index in [9.17, 15) is 4.79 Å². The minimum Gasteiger partial charge on any atom is -0.468 e. The Balaban J connectivity index is 0. The molecule has 0 amide bonds. The molecule has 3 nitrogen and oxygen atoms in total. The van der Waals surface area contributed by atoms with Gasteiger partial charge in [-0.05, 0) is 6.92 Å². The van der Waals surface area contributed by atoms with E-state index in [1.807, 2.05) is 0 Å². The van der Waals surface area contributed by atoms with Crippen LogP contribution in [-0.4, -0.2) is 18.6 Å². The van der Waals surface area contributed by atoms with E-state index in [0.717, 1.165) is 0 Å². The van der Waals surface area contributed by atoms with Gasteiger partial charge in [0.2, 0.25) is 0 Å². The summed E-state index contributed by atoms with van der Waals surface area (Å²) in [6.07, 6.45) is 0. The summed E-state index contributed by atoms with van der Waals surface area (Å²) < 4.78 is 4.15. The van der Waals surface area contributed by atoms with Gasteiger partial charge in [-0.2, -0.15) is 0 Å². The molecule has 2 N–H and O–H groups in total. The van der Waals surface area contributed by atoms with Gasteiger partial charge < -0.3 is 10.2 Å². The maximum absolute atomic E-state index is 9.18. The third-order valence-electron chi connectivity index (χ3n) is 0.235. The molecular weight excluding hydrogens is 84.0 g/mol. The first kappa shape index (κ1) is 9.06. The summed E-state index contributed by atoms with van der Waals surface area (Å²) in [5.74, 6) is 0. The van der Waals surface area contributed by atoms with Crippen molar-refractivity contribution >= 4 is 6.47 Å². The monoisotopic (exact) mass is 92.0 g/mol. The Bertz CT molecular complexity index is 27.2. The minimum absolute atomic E-state index is 0. The van der Waals surface area contributed by atoms with Crippen molar-refractivity contribution in [2.24, 2.45) is 0 Å². The van der Waals surface area contributed by atoms with Crippen LogP contribution in [0.25, 0.3) is 0 Å². The molecule has 0 rings (SSSR count). The third kappa shape index (κ3) is 9.90. The van der Waals surface area contributed by atoms with Crippen LogP contribution in [0.4, 0.5) is 0 Å². The summed E-state index contributed by atoms with van der Waals surface area (Å²) in [6, 6.07) is 0. The number of hydrogen-bond donors (Lipinski definition) is 0. The average molecular weight is 92.1 g/mol. The molecule has 0 heterocycles. The summed E-state index contributed by atoms with van der Waals surface area (Å²) in [5.41, 5.74) is 0. The van der Waals surface area contributed by atoms with Crippen LogP contribution in [0.15, 0.2) is 0 Å². The van der Waals surface area contributed by atoms with Crippen LogP contribution in [0.1, 0.15) is 6.92 Å². The van der Waals surface area contributed by atoms with Crippen LogP contribution < -0.4 is 0 Å². The van der Waals surface area contributed by atoms with E-state index in [4.69, 9.17) is 0 Å². The molecule has 0 radical (unpaired) electrons. The van der Waals surface area contributed by atoms with Gasteiger partial charge in [0.05, 0.1) is 6.61 Å². The van der Waals surface area contributed by atoms with E-state index in [1.54, 1.807) is 6.92 Å². The lowest BCUT2D eigenvalue weighted by Crippen LogP contribution is -1.80. The summed E-state index contributed by atoms with van der Waals surface area (Å²) in [4.78, 5) is 9.18. The van der Waals surface area contributed by atoms with Gasteiger partial charge >= 0.3 is 0 Å². The number of carbonyl (C=O) groups excluding carboxylic acids is 1. The summed E-state index contributed by atoms with van der Waals surface area (Å²) >= 11 is 0. The Morgan fingerprint density at radius 1 is 1.83 bits per heavy atom. The maximum atomic E-state index is 9.18. The van der Waals surface area contributed by atoms with Crippen LogP contribution in [0.2, 0.25) is 0 Å². The zero-order valence-electron chi connectivity index (χ0n) is 3.60. The van der Waals surface area contributed by atoms with Gasteiger partial charge in [0.1, 0.15) is 0 Å². The lowest BCUT2D eigenvalue weighted by molar-refractivity contribution is -0.128. The normalized spacial score (nSPS) is 5.50. The molecule has 0 bridgehead atoms. The first-order valence-electron chi connectivity index (χ1n) is 1.47. The Labute approximate surface area is 36.2 Å². The number of rotatable bonds is 2. The standard InChI is InChI=1S/C3H6O2.H2O/c1-2-5-3-4;/h3H,2H2,1H3;1H2. The molecule has 0 atom stereocenters. The van der Waals surface area contributed by atoms with E-state index in [1.165, 1.54) is 0 Å². The van der Waals surface area contributed by atoms with Crippen LogP contribution in [0, 0.1) is 0 Å². The third-order valence-corrected chi connectivity index (χ3v) is 0.235. The lowest BCUT2D eigenvalue weighted by Gasteiger charge is -1.79. The zero-order chi connectivity index (χ0) is 4.12. The largest absolute Gasteiger partial charge is 0.468 e. The van der Waals surface area contributed by atoms with E-state index >= 15 is 0 Å². The van der Waals surface area contributed by atoms with Crippen molar-refractivity contribution in [2.45, 2.75) is 6.92 Å². The molecule has 0 fully saturated rings. The highest BCUT2D eigenvalue weighted by Gasteiger charge is 1.60. The smallest absolute Gasteiger partial charge is 0.293 e. The van der Waals surface area contributed by atoms with Crippen LogP contribution in [-0.2, 0) is 9.53 Å². The topological polar surface area (TPSA) is 57.8 Å². The van der Waals surface area contributed by atoms with Crippen molar-refractivity contribution in [3.8, 4) is 0 Å². The van der Waals surface area contributed by atoms with Crippen LogP contribution in [0.5, 0.6) is 0 Å². The summed E-state index contributed by atoms with van der Waals surface area (Å²) in [7, 11) is 0. The van der Waals surface area contributed by atoms with Crippen molar-refractivity contribution < 1.29 is 15.0 Å². The molecule has 0 spiro atoms. The minimum atomic E-state index is 0. The molecule has 0 aliphatic rings. The Hall–Kier alpha value is -0.570. The zero-order valence-corrected chi connectivity index (χ0v) is 3.60. The highest BCUT2D eigenvalue weighted by molar-refractivity contribution is 5.36. The Kier molecular flexibility index (Phi) is 13.3. The van der Waals surface area contributed by atoms with Crippen LogP contribution in [0.3, 0.4) is 0 Å². The molecule has 0 aliphatic heterocycles. The molecule has 38 valence electrons. The summed E-state index contributed by atoms with van der Waals surface area (Å²) in [6.45, 7) is 2.66. The second-order valence-corrected chi connectivity index (χ2v) is 0.552. The molecule has 0 aromatic rings. The Morgan fingerprint density at radius 2 is 2.33 bits per heavy atom. The number of carbonyl (C=O) groups is 1. The van der Waals surface area contributed by atoms with E-state index in [0.29, 0.717) is 13.1 Å². The van der Waals surface area contributed by atoms with Crippen molar-refractivity contribution in [3.05, 3.63) is 0 Å². The highest BCUT2D eigenvalue weighted by Crippen LogP contribution is 1.55. The molecule has 0 aromatic heterocycles. The molecule has 0 unspecified atom stereocenters. The van der Waals surface area contributed by atoms with Crippen molar-refractivity contribution in [2.75, 3.05) is 6.61 Å². The van der Waals surface area contributed by atoms with Crippen molar-refractivity contribution in [1.29, 1.82) is 0 Å². The van der Waals surface area contributed by atoms with Gasteiger partial charge in [0.15, 0.2) is 0 Å². The van der Waals surface area contributed by atoms with Gasteiger partial charge in [-0.15, -0.1) is 0 Å². The van der Waals surface area contributed by atoms with E-state index in [-0.39, 0.29) is 5.48 Å². The lowest BCUT2D eigenvalue weighted by atomic mass is 10.9. The molecule has 0 aromatic carbocycles. The molecule has 3 heteroatoms. The maximum Gasteiger partial charge on any atom is 0.293 e. The molecule has 0 saturated heterocycles. The van der Waals surface area contributed by atoms with Gasteiger partial charge in [-0.25, -0.2) is 0 Å². The predicted octanol–water partition coefficient (Wildman–Crippen LogP) is -0.645. The van der Waals surface area contributed by atoms with Crippen molar-refractivity contribution in [1.82, 2.24) is 0 Å². The summed E-state index contributed by atoms with van der Waals surface area (Å²) in [5, 5.41) is 0. The van der Waals surface area contributed by atoms with Crippen molar-refractivity contribution in [3.63, 3.8) is 0 Å². The second-order valence-electron chi connectivity index (χ2n) is 0.552. The predicted molar refractivity (Wildman–Crippen MR) is 21.3 cm³/mol. The second kappa shape index (κ2) is 8.83. The quantitative estimate of drug-likeness (QED) is 0.425. The highest BCUT2D eigenvalue weighted by atomic mass is 16.5. The molecule has 0 aliphatic carbocycles. The van der Waals surface area contributed by atoms with Crippen LogP contribution >= 0.6 is 0 Å². The van der Waals surface area contributed by atoms with E-state index in [2.05, 4.69) is 4.74 Å². The van der Waals surface area contributed by atoms with E-state index < -0.39 is 0 Å². The Morgan fingerprint density at radius 3 is 2.33 bits per heavy atom. The molecule has 0 saturated carbocycles. The molecular formula is C3H8O3. The first-order valence-corrected chi connectivity index (χ1v) is 1.47. The van der Waals surface area contributed by atoms with Gasteiger partial charge in [-0.1, -0.05) is 0 Å². The SMILES string of the molecule is CCOC=O.O. The fourth-order valence-corrected chi connectivity index (χ4v) is 0.0680. The number of ether oxygens (including phenoxy) is 1. The average Bonchev–Trinajstić information content (AvgIpc) is 1.41. The molecule has 6 heavy (non-hydrogen) atoms. The fourth-order valence-electron chi connectivity index (χ4n) is 0.0680. The van der Waals surface area contributed by atoms with Gasteiger partial charge in [0, 0.05) is 0 Å². The fraction of sp³-hybridized carbons (Fsp3) is 0.667. The van der Waals surface area contributed by atoms with Gasteiger partial charge in [-0.3, -0.25) is 4.79 Å². The van der Waals surface area contributed by atoms with Gasteiger partial charge in [0.25, 0.3) is 6.47 Å². The first-order chi connectivity index (χ1) is 2.41. The number of hydrogen-bond acceptors (Lipinski definition) is 2.